The molecule has 0 rings (SSSR count). The molecule has 0 amide bonds. The molecule has 0 aromatic heterocycles. The van der Waals surface area contributed by atoms with Crippen molar-refractivity contribution in [2.45, 2.75) is 124 Å². The summed E-state index contributed by atoms with van der Waals surface area (Å²) < 4.78 is 0. The molecule has 0 atom stereocenters. The number of aliphatic carboxylic acids is 3. The minimum absolute atomic E-state index is 0.222. The summed E-state index contributed by atoms with van der Waals surface area (Å²) in [6.45, 7) is 5.46. The Morgan fingerprint density at radius 1 is 0.464 bits per heavy atom. The summed E-state index contributed by atoms with van der Waals surface area (Å²) in [6, 6.07) is 0. The minimum atomic E-state index is -0.745. The van der Waals surface area contributed by atoms with Gasteiger partial charge in [-0.1, -0.05) is 97.8 Å². The Bertz CT molecular complexity index is 341. The topological polar surface area (TPSA) is 112 Å². The van der Waals surface area contributed by atoms with E-state index in [2.05, 4.69) is 6.92 Å². The highest BCUT2D eigenvalue weighted by molar-refractivity contribution is 5.66. The van der Waals surface area contributed by atoms with Gasteiger partial charge >= 0.3 is 17.9 Å². The van der Waals surface area contributed by atoms with E-state index in [1.165, 1.54) is 70.6 Å². The molecule has 0 fully saturated rings. The average Bonchev–Trinajstić information content (AvgIpc) is 2.66. The molecule has 0 spiro atoms. The van der Waals surface area contributed by atoms with Gasteiger partial charge in [-0.15, -0.1) is 0 Å². The lowest BCUT2D eigenvalue weighted by atomic mass is 10.0. The maximum atomic E-state index is 10.3. The second kappa shape index (κ2) is 27.6. The molecule has 0 saturated heterocycles. The van der Waals surface area contributed by atoms with Crippen molar-refractivity contribution >= 4 is 17.9 Å². The summed E-state index contributed by atoms with van der Waals surface area (Å²) in [5.74, 6) is -2.15. The molecule has 0 aromatic rings. The zero-order valence-corrected chi connectivity index (χ0v) is 18.4. The van der Waals surface area contributed by atoms with Gasteiger partial charge in [0.2, 0.25) is 0 Å². The molecule has 0 saturated carbocycles. The lowest BCUT2D eigenvalue weighted by Gasteiger charge is -2.02. The van der Waals surface area contributed by atoms with E-state index in [4.69, 9.17) is 15.3 Å². The van der Waals surface area contributed by atoms with Gasteiger partial charge in [0, 0.05) is 19.3 Å². The van der Waals surface area contributed by atoms with E-state index in [1.54, 1.807) is 13.8 Å². The Balaban J connectivity index is -0.000000512. The summed E-state index contributed by atoms with van der Waals surface area (Å²) in [4.78, 5) is 29.0. The van der Waals surface area contributed by atoms with E-state index in [9.17, 15) is 14.4 Å². The monoisotopic (exact) mass is 404 g/mol. The van der Waals surface area contributed by atoms with Crippen molar-refractivity contribution in [1.82, 2.24) is 0 Å². The molecule has 0 aromatic carbocycles. The van der Waals surface area contributed by atoms with Gasteiger partial charge in [0.25, 0.3) is 0 Å². The molecule has 0 heterocycles. The van der Waals surface area contributed by atoms with E-state index in [0.29, 0.717) is 6.42 Å². The van der Waals surface area contributed by atoms with Gasteiger partial charge in [0.15, 0.2) is 0 Å². The van der Waals surface area contributed by atoms with Crippen molar-refractivity contribution in [2.75, 3.05) is 0 Å². The minimum Gasteiger partial charge on any atom is -0.481 e. The predicted octanol–water partition coefficient (Wildman–Crippen LogP) is 6.51. The van der Waals surface area contributed by atoms with Gasteiger partial charge in [-0.25, -0.2) is 0 Å². The number of carboxylic acids is 3. The first kappa shape index (κ1) is 31.1. The second-order valence-corrected chi connectivity index (χ2v) is 6.88. The molecular weight excluding hydrogens is 360 g/mol. The van der Waals surface area contributed by atoms with Gasteiger partial charge in [0.1, 0.15) is 0 Å². The van der Waals surface area contributed by atoms with Crippen molar-refractivity contribution < 1.29 is 29.7 Å². The molecule has 28 heavy (non-hydrogen) atoms. The van der Waals surface area contributed by atoms with E-state index < -0.39 is 17.9 Å². The van der Waals surface area contributed by atoms with E-state index >= 15 is 0 Å². The Kier molecular flexibility index (Phi) is 30.7. The quantitative estimate of drug-likeness (QED) is 0.253. The van der Waals surface area contributed by atoms with Crippen LogP contribution in [-0.4, -0.2) is 33.2 Å². The number of hydrogen-bond acceptors (Lipinski definition) is 3. The number of carbonyl (C=O) groups is 3. The lowest BCUT2D eigenvalue weighted by molar-refractivity contribution is -0.138. The molecule has 6 nitrogen and oxygen atoms in total. The molecule has 0 radical (unpaired) electrons. The van der Waals surface area contributed by atoms with Crippen LogP contribution in [0.5, 0.6) is 0 Å². The first-order chi connectivity index (χ1) is 13.3. The number of unbranched alkanes of at least 4 members (excludes halogenated alkanes) is 12. The fraction of sp³-hybridized carbons (Fsp3) is 0.864. The number of hydrogen-bond donors (Lipinski definition) is 3. The third-order valence-corrected chi connectivity index (χ3v) is 4.10. The van der Waals surface area contributed by atoms with Crippen LogP contribution < -0.4 is 0 Å². The Morgan fingerprint density at radius 2 is 0.714 bits per heavy atom. The van der Waals surface area contributed by atoms with Crippen molar-refractivity contribution in [3.05, 3.63) is 0 Å². The summed E-state index contributed by atoms with van der Waals surface area (Å²) >= 11 is 0. The number of carboxylic acid groups (broad SMARTS) is 3. The summed E-state index contributed by atoms with van der Waals surface area (Å²) in [7, 11) is 0. The molecule has 0 unspecified atom stereocenters. The van der Waals surface area contributed by atoms with Gasteiger partial charge in [0.05, 0.1) is 0 Å². The maximum Gasteiger partial charge on any atom is 0.303 e. The van der Waals surface area contributed by atoms with Crippen LogP contribution in [0.15, 0.2) is 0 Å². The van der Waals surface area contributed by atoms with Crippen LogP contribution in [0.1, 0.15) is 124 Å². The van der Waals surface area contributed by atoms with Gasteiger partial charge in [-0.3, -0.25) is 14.4 Å². The predicted molar refractivity (Wildman–Crippen MR) is 114 cm³/mol. The van der Waals surface area contributed by atoms with Crippen LogP contribution >= 0.6 is 0 Å². The Hall–Kier alpha value is -1.59. The first-order valence-electron chi connectivity index (χ1n) is 11.0. The molecule has 168 valence electrons. The van der Waals surface area contributed by atoms with Crippen molar-refractivity contribution in [2.24, 2.45) is 0 Å². The smallest absolute Gasteiger partial charge is 0.303 e. The molecular formula is C22H44O6. The van der Waals surface area contributed by atoms with Crippen molar-refractivity contribution in [3.63, 3.8) is 0 Å². The molecule has 0 aliphatic heterocycles. The molecule has 0 aliphatic carbocycles. The number of rotatable bonds is 16. The molecule has 0 bridgehead atoms. The summed E-state index contributed by atoms with van der Waals surface area (Å²) in [6.07, 6.45) is 17.7. The Labute approximate surface area is 171 Å². The highest BCUT2D eigenvalue weighted by atomic mass is 16.4. The molecule has 6 heteroatoms. The van der Waals surface area contributed by atoms with Crippen LogP contribution in [0.3, 0.4) is 0 Å². The van der Waals surface area contributed by atoms with Crippen molar-refractivity contribution in [3.8, 4) is 0 Å². The Morgan fingerprint density at radius 3 is 0.929 bits per heavy atom. The van der Waals surface area contributed by atoms with Gasteiger partial charge in [-0.05, 0) is 6.42 Å². The van der Waals surface area contributed by atoms with Crippen LogP contribution in [0.2, 0.25) is 0 Å². The third kappa shape index (κ3) is 44.1. The van der Waals surface area contributed by atoms with Gasteiger partial charge in [-0.2, -0.15) is 0 Å². The molecule has 0 aliphatic rings. The summed E-state index contributed by atoms with van der Waals surface area (Å²) in [5.41, 5.74) is 0. The zero-order chi connectivity index (χ0) is 22.0. The standard InChI is InChI=1S/C16H32O2.2C3H6O2/c1-2-3-4-5-6-7-8-9-10-11-12-13-14-15-16(17)18;2*1-2-3(4)5/h2-15H2,1H3,(H,17,18);2*2H2,1H3,(H,4,5). The SMILES string of the molecule is CCC(=O)O.CCC(=O)O.CCCCCCCCCCCCCCCC(=O)O. The van der Waals surface area contributed by atoms with E-state index in [0.717, 1.165) is 12.8 Å². The fourth-order valence-electron chi connectivity index (χ4n) is 2.29. The third-order valence-electron chi connectivity index (χ3n) is 4.10. The normalized spacial score (nSPS) is 9.54. The zero-order valence-electron chi connectivity index (χ0n) is 18.4. The highest BCUT2D eigenvalue weighted by Gasteiger charge is 1.96. The lowest BCUT2D eigenvalue weighted by Crippen LogP contribution is -1.93. The van der Waals surface area contributed by atoms with Crippen LogP contribution in [0, 0.1) is 0 Å². The fourth-order valence-corrected chi connectivity index (χ4v) is 2.29. The van der Waals surface area contributed by atoms with E-state index in [-0.39, 0.29) is 12.8 Å². The van der Waals surface area contributed by atoms with Crippen LogP contribution in [0.4, 0.5) is 0 Å². The first-order valence-corrected chi connectivity index (χ1v) is 11.0. The van der Waals surface area contributed by atoms with Crippen LogP contribution in [0.25, 0.3) is 0 Å². The maximum absolute atomic E-state index is 10.3. The second-order valence-electron chi connectivity index (χ2n) is 6.88. The highest BCUT2D eigenvalue weighted by Crippen LogP contribution is 2.12. The molecule has 3 N–H and O–H groups in total. The van der Waals surface area contributed by atoms with Crippen LogP contribution in [-0.2, 0) is 14.4 Å². The van der Waals surface area contributed by atoms with E-state index in [1.807, 2.05) is 0 Å². The average molecular weight is 405 g/mol. The van der Waals surface area contributed by atoms with Crippen molar-refractivity contribution in [1.29, 1.82) is 0 Å². The van der Waals surface area contributed by atoms with Gasteiger partial charge < -0.3 is 15.3 Å². The largest absolute Gasteiger partial charge is 0.481 e. The summed E-state index contributed by atoms with van der Waals surface area (Å²) in [5, 5.41) is 23.9.